The lowest BCUT2D eigenvalue weighted by Gasteiger charge is -2.12. The van der Waals surface area contributed by atoms with Crippen molar-refractivity contribution in [1.29, 1.82) is 0 Å². The first-order valence-corrected chi connectivity index (χ1v) is 5.10. The summed E-state index contributed by atoms with van der Waals surface area (Å²) < 4.78 is 5.43. The molecule has 0 aromatic heterocycles. The normalized spacial score (nSPS) is 12.6. The smallest absolute Gasteiger partial charge is 0.0483 e. The van der Waals surface area contributed by atoms with Crippen LogP contribution >= 0.6 is 0 Å². The minimum absolute atomic E-state index is 0.460. The Hall–Kier alpha value is -0.340. The molecule has 0 spiro atoms. The summed E-state index contributed by atoms with van der Waals surface area (Å²) in [7, 11) is 1.99. The Labute approximate surface area is 82.4 Å². The van der Waals surface area contributed by atoms with E-state index in [1.807, 2.05) is 7.05 Å². The third kappa shape index (κ3) is 8.00. The number of ether oxygens (including phenoxy) is 1. The number of hydrogen-bond acceptors (Lipinski definition) is 2. The first-order valence-electron chi connectivity index (χ1n) is 5.10. The van der Waals surface area contributed by atoms with Crippen LogP contribution in [0.4, 0.5) is 0 Å². The summed E-state index contributed by atoms with van der Waals surface area (Å²) in [5, 5.41) is 3.25. The molecule has 2 nitrogen and oxygen atoms in total. The van der Waals surface area contributed by atoms with E-state index in [2.05, 4.69) is 32.2 Å². The van der Waals surface area contributed by atoms with E-state index in [4.69, 9.17) is 4.74 Å². The summed E-state index contributed by atoms with van der Waals surface area (Å²) in [4.78, 5) is 0. The maximum absolute atomic E-state index is 5.43. The highest BCUT2D eigenvalue weighted by Gasteiger charge is 2.00. The van der Waals surface area contributed by atoms with Crippen molar-refractivity contribution in [2.45, 2.75) is 39.7 Å². The first-order chi connectivity index (χ1) is 6.20. The van der Waals surface area contributed by atoms with E-state index in [-0.39, 0.29) is 0 Å². The van der Waals surface area contributed by atoms with E-state index < -0.39 is 0 Å². The molecule has 0 bridgehead atoms. The first kappa shape index (κ1) is 12.7. The fraction of sp³-hybridized carbons (Fsp3) is 0.818. The van der Waals surface area contributed by atoms with Crippen molar-refractivity contribution in [2.24, 2.45) is 0 Å². The minimum Gasteiger partial charge on any atom is -0.381 e. The molecule has 0 radical (unpaired) electrons. The molecule has 78 valence electrons. The minimum atomic E-state index is 0.460. The second kappa shape index (κ2) is 8.27. The van der Waals surface area contributed by atoms with Gasteiger partial charge in [0.25, 0.3) is 0 Å². The van der Waals surface area contributed by atoms with Gasteiger partial charge in [0.1, 0.15) is 0 Å². The van der Waals surface area contributed by atoms with Crippen LogP contribution in [0.5, 0.6) is 0 Å². The zero-order valence-corrected chi connectivity index (χ0v) is 9.39. The molecule has 0 aliphatic carbocycles. The molecule has 0 aromatic rings. The summed E-state index contributed by atoms with van der Waals surface area (Å²) in [5.41, 5.74) is 1.36. The molecule has 13 heavy (non-hydrogen) atoms. The zero-order valence-electron chi connectivity index (χ0n) is 9.39. The number of hydrogen-bond donors (Lipinski definition) is 1. The maximum atomic E-state index is 5.43. The molecule has 0 saturated heterocycles. The van der Waals surface area contributed by atoms with Crippen LogP contribution < -0.4 is 5.32 Å². The van der Waals surface area contributed by atoms with Crippen LogP contribution in [0, 0.1) is 0 Å². The Balaban J connectivity index is 3.54. The fourth-order valence-corrected chi connectivity index (χ4v) is 1.17. The molecule has 0 heterocycles. The van der Waals surface area contributed by atoms with E-state index in [0.29, 0.717) is 6.04 Å². The van der Waals surface area contributed by atoms with Gasteiger partial charge in [-0.3, -0.25) is 0 Å². The molecule has 0 aliphatic heterocycles. The van der Waals surface area contributed by atoms with E-state index in [1.54, 1.807) is 0 Å². The molecule has 0 aliphatic rings. The second-order valence-corrected chi connectivity index (χ2v) is 3.54. The Bertz CT molecular complexity index is 139. The van der Waals surface area contributed by atoms with Crippen molar-refractivity contribution in [1.82, 2.24) is 5.32 Å². The van der Waals surface area contributed by atoms with Gasteiger partial charge in [-0.25, -0.2) is 0 Å². The molecule has 1 unspecified atom stereocenters. The van der Waals surface area contributed by atoms with Crippen LogP contribution in [-0.4, -0.2) is 26.3 Å². The lowest BCUT2D eigenvalue weighted by atomic mass is 10.1. The van der Waals surface area contributed by atoms with Gasteiger partial charge in [-0.05, 0) is 33.7 Å². The number of allylic oxidation sites excluding steroid dienone is 1. The van der Waals surface area contributed by atoms with Crippen LogP contribution in [-0.2, 0) is 4.74 Å². The van der Waals surface area contributed by atoms with Crippen molar-refractivity contribution in [3.05, 3.63) is 11.6 Å². The Morgan fingerprint density at radius 1 is 1.38 bits per heavy atom. The van der Waals surface area contributed by atoms with E-state index >= 15 is 0 Å². The predicted octanol–water partition coefficient (Wildman–Crippen LogP) is 2.36. The largest absolute Gasteiger partial charge is 0.381 e. The maximum Gasteiger partial charge on any atom is 0.0483 e. The summed E-state index contributed by atoms with van der Waals surface area (Å²) in [5.74, 6) is 0. The average molecular weight is 185 g/mol. The van der Waals surface area contributed by atoms with Crippen LogP contribution in [0.1, 0.15) is 33.6 Å². The van der Waals surface area contributed by atoms with Gasteiger partial charge >= 0.3 is 0 Å². The number of likely N-dealkylation sites (N-methyl/N-ethyl adjacent to an activating group) is 1. The van der Waals surface area contributed by atoms with Crippen LogP contribution in [0.15, 0.2) is 11.6 Å². The lowest BCUT2D eigenvalue weighted by molar-refractivity contribution is 0.128. The highest BCUT2D eigenvalue weighted by atomic mass is 16.5. The van der Waals surface area contributed by atoms with Gasteiger partial charge in [-0.1, -0.05) is 18.6 Å². The van der Waals surface area contributed by atoms with Gasteiger partial charge in [0.2, 0.25) is 0 Å². The molecule has 0 aromatic carbocycles. The molecule has 0 amide bonds. The second-order valence-electron chi connectivity index (χ2n) is 3.54. The molecule has 0 rings (SSSR count). The Morgan fingerprint density at radius 2 is 2.08 bits per heavy atom. The Kier molecular flexibility index (Phi) is 8.05. The molecule has 1 atom stereocenters. The summed E-state index contributed by atoms with van der Waals surface area (Å²) in [6.07, 6.45) is 4.41. The molecule has 2 heteroatoms. The summed E-state index contributed by atoms with van der Waals surface area (Å²) in [6.45, 7) is 8.11. The van der Waals surface area contributed by atoms with Crippen molar-refractivity contribution in [2.75, 3.05) is 20.3 Å². The fourth-order valence-electron chi connectivity index (χ4n) is 1.17. The van der Waals surface area contributed by atoms with Gasteiger partial charge in [0, 0.05) is 19.3 Å². The third-order valence-corrected chi connectivity index (χ3v) is 1.83. The highest BCUT2D eigenvalue weighted by molar-refractivity contribution is 5.00. The Morgan fingerprint density at radius 3 is 2.54 bits per heavy atom. The molecule has 0 fully saturated rings. The van der Waals surface area contributed by atoms with Gasteiger partial charge in [-0.15, -0.1) is 0 Å². The molecule has 1 N–H and O–H groups in total. The van der Waals surface area contributed by atoms with E-state index in [0.717, 1.165) is 26.1 Å². The van der Waals surface area contributed by atoms with Crippen LogP contribution in [0.25, 0.3) is 0 Å². The van der Waals surface area contributed by atoms with E-state index in [1.165, 1.54) is 5.57 Å². The van der Waals surface area contributed by atoms with Crippen molar-refractivity contribution in [3.63, 3.8) is 0 Å². The summed E-state index contributed by atoms with van der Waals surface area (Å²) >= 11 is 0. The van der Waals surface area contributed by atoms with Gasteiger partial charge < -0.3 is 10.1 Å². The quantitative estimate of drug-likeness (QED) is 0.485. The predicted molar refractivity (Wildman–Crippen MR) is 58.0 cm³/mol. The van der Waals surface area contributed by atoms with Crippen molar-refractivity contribution < 1.29 is 4.74 Å². The zero-order chi connectivity index (χ0) is 10.1. The SMILES string of the molecule is CCCOCCC(C=C(C)C)NC. The molecular formula is C11H23NO. The van der Waals surface area contributed by atoms with Crippen LogP contribution in [0.3, 0.4) is 0 Å². The number of rotatable bonds is 7. The third-order valence-electron chi connectivity index (χ3n) is 1.83. The van der Waals surface area contributed by atoms with Crippen LogP contribution in [0.2, 0.25) is 0 Å². The van der Waals surface area contributed by atoms with Gasteiger partial charge in [-0.2, -0.15) is 0 Å². The van der Waals surface area contributed by atoms with Gasteiger partial charge in [0.15, 0.2) is 0 Å². The molecular weight excluding hydrogens is 162 g/mol. The van der Waals surface area contributed by atoms with Crippen molar-refractivity contribution in [3.8, 4) is 0 Å². The summed E-state index contributed by atoms with van der Waals surface area (Å²) in [6, 6.07) is 0.460. The highest BCUT2D eigenvalue weighted by Crippen LogP contribution is 1.99. The van der Waals surface area contributed by atoms with Gasteiger partial charge in [0.05, 0.1) is 0 Å². The monoisotopic (exact) mass is 185 g/mol. The lowest BCUT2D eigenvalue weighted by Crippen LogP contribution is -2.24. The van der Waals surface area contributed by atoms with E-state index in [9.17, 15) is 0 Å². The number of nitrogens with one attached hydrogen (secondary N) is 1. The topological polar surface area (TPSA) is 21.3 Å². The van der Waals surface area contributed by atoms with Crippen molar-refractivity contribution >= 4 is 0 Å². The standard InChI is InChI=1S/C11H23NO/c1-5-7-13-8-6-11(12-4)9-10(2)3/h9,11-12H,5-8H2,1-4H3. The average Bonchev–Trinajstić information content (AvgIpc) is 2.09. The molecule has 0 saturated carbocycles.